The molecule has 0 unspecified atom stereocenters. The lowest BCUT2D eigenvalue weighted by atomic mass is 10.3. The molecule has 0 aliphatic rings. The highest BCUT2D eigenvalue weighted by molar-refractivity contribution is 9.10. The summed E-state index contributed by atoms with van der Waals surface area (Å²) < 4.78 is 15.7. The first-order chi connectivity index (χ1) is 7.17. The quantitative estimate of drug-likeness (QED) is 0.772. The topological polar surface area (TPSA) is 17.8 Å². The third-order valence-corrected chi connectivity index (χ3v) is 3.15. The Hall–Kier alpha value is -0.610. The van der Waals surface area contributed by atoms with E-state index in [2.05, 4.69) is 20.9 Å². The Labute approximate surface area is 100 Å². The maximum absolute atomic E-state index is 13.4. The standard InChI is InChI=1S/C10H9BrClFN2/c1-2-15-9-4-7(13)6(11)3-8(9)14-10(15)5-12/h3-4H,2,5H2,1H3. The van der Waals surface area contributed by atoms with E-state index in [1.165, 1.54) is 6.07 Å². The largest absolute Gasteiger partial charge is 0.327 e. The second-order valence-corrected chi connectivity index (χ2v) is 4.28. The Morgan fingerprint density at radius 1 is 1.53 bits per heavy atom. The first-order valence-corrected chi connectivity index (χ1v) is 5.90. The van der Waals surface area contributed by atoms with Gasteiger partial charge in [-0.2, -0.15) is 0 Å². The third-order valence-electron chi connectivity index (χ3n) is 2.31. The van der Waals surface area contributed by atoms with Gasteiger partial charge in [-0.15, -0.1) is 11.6 Å². The molecular weight excluding hydrogens is 282 g/mol. The van der Waals surface area contributed by atoms with Gasteiger partial charge in [0.05, 0.1) is 21.4 Å². The van der Waals surface area contributed by atoms with E-state index in [0.29, 0.717) is 10.4 Å². The van der Waals surface area contributed by atoms with Gasteiger partial charge in [0.2, 0.25) is 0 Å². The summed E-state index contributed by atoms with van der Waals surface area (Å²) in [4.78, 5) is 4.34. The number of halogens is 3. The SMILES string of the molecule is CCn1c(CCl)nc2cc(Br)c(F)cc21. The highest BCUT2D eigenvalue weighted by Crippen LogP contribution is 2.24. The predicted octanol–water partition coefficient (Wildman–Crippen LogP) is 3.70. The molecule has 0 atom stereocenters. The van der Waals surface area contributed by atoms with Crippen LogP contribution in [0.1, 0.15) is 12.7 Å². The molecule has 15 heavy (non-hydrogen) atoms. The fourth-order valence-electron chi connectivity index (χ4n) is 1.62. The van der Waals surface area contributed by atoms with Crippen LogP contribution >= 0.6 is 27.5 Å². The van der Waals surface area contributed by atoms with E-state index in [1.54, 1.807) is 6.07 Å². The average Bonchev–Trinajstić information content (AvgIpc) is 2.56. The van der Waals surface area contributed by atoms with Crippen LogP contribution in [-0.4, -0.2) is 9.55 Å². The minimum Gasteiger partial charge on any atom is -0.327 e. The first-order valence-electron chi connectivity index (χ1n) is 4.57. The molecule has 0 radical (unpaired) electrons. The van der Waals surface area contributed by atoms with Gasteiger partial charge in [0.1, 0.15) is 11.6 Å². The molecule has 80 valence electrons. The molecule has 0 amide bonds. The number of nitrogens with zero attached hydrogens (tertiary/aromatic N) is 2. The van der Waals surface area contributed by atoms with Crippen LogP contribution in [0.15, 0.2) is 16.6 Å². The number of aryl methyl sites for hydroxylation is 1. The Morgan fingerprint density at radius 3 is 2.87 bits per heavy atom. The van der Waals surface area contributed by atoms with Crippen molar-refractivity contribution in [1.82, 2.24) is 9.55 Å². The molecule has 2 nitrogen and oxygen atoms in total. The van der Waals surface area contributed by atoms with E-state index in [9.17, 15) is 4.39 Å². The molecule has 2 rings (SSSR count). The Bertz CT molecular complexity index is 510. The monoisotopic (exact) mass is 290 g/mol. The smallest absolute Gasteiger partial charge is 0.139 e. The number of aromatic nitrogens is 2. The van der Waals surface area contributed by atoms with Crippen molar-refractivity contribution in [2.75, 3.05) is 0 Å². The molecule has 1 aromatic carbocycles. The van der Waals surface area contributed by atoms with Gasteiger partial charge in [0.15, 0.2) is 0 Å². The highest BCUT2D eigenvalue weighted by Gasteiger charge is 2.11. The van der Waals surface area contributed by atoms with Crippen molar-refractivity contribution in [3.05, 3.63) is 28.2 Å². The average molecular weight is 292 g/mol. The van der Waals surface area contributed by atoms with E-state index in [0.717, 1.165) is 23.4 Å². The predicted molar refractivity (Wildman–Crippen MR) is 62.6 cm³/mol. The summed E-state index contributed by atoms with van der Waals surface area (Å²) in [6.07, 6.45) is 0. The second kappa shape index (κ2) is 4.10. The first kappa shape index (κ1) is 10.9. The van der Waals surface area contributed by atoms with Crippen LogP contribution in [0.4, 0.5) is 4.39 Å². The fourth-order valence-corrected chi connectivity index (χ4v) is 2.16. The number of imidazole rings is 1. The molecule has 2 aromatic rings. The minimum atomic E-state index is -0.279. The van der Waals surface area contributed by atoms with Crippen LogP contribution in [0.5, 0.6) is 0 Å². The molecule has 0 aliphatic carbocycles. The molecule has 0 N–H and O–H groups in total. The van der Waals surface area contributed by atoms with Gasteiger partial charge < -0.3 is 4.57 Å². The Morgan fingerprint density at radius 2 is 2.27 bits per heavy atom. The van der Waals surface area contributed by atoms with Gasteiger partial charge in [0, 0.05) is 12.6 Å². The molecule has 0 saturated heterocycles. The summed E-state index contributed by atoms with van der Waals surface area (Å²) >= 11 is 8.91. The van der Waals surface area contributed by atoms with Gasteiger partial charge >= 0.3 is 0 Å². The number of hydrogen-bond donors (Lipinski definition) is 0. The molecule has 0 fully saturated rings. The molecule has 1 aromatic heterocycles. The van der Waals surface area contributed by atoms with Crippen LogP contribution in [0, 0.1) is 5.82 Å². The van der Waals surface area contributed by atoms with Crippen LogP contribution in [0.2, 0.25) is 0 Å². The van der Waals surface area contributed by atoms with Crippen LogP contribution < -0.4 is 0 Å². The van der Waals surface area contributed by atoms with E-state index < -0.39 is 0 Å². The van der Waals surface area contributed by atoms with E-state index >= 15 is 0 Å². The van der Waals surface area contributed by atoms with Gasteiger partial charge in [-0.3, -0.25) is 0 Å². The zero-order chi connectivity index (χ0) is 11.0. The Balaban J connectivity index is 2.77. The number of hydrogen-bond acceptors (Lipinski definition) is 1. The number of alkyl halides is 1. The summed E-state index contributed by atoms with van der Waals surface area (Å²) in [5.41, 5.74) is 1.55. The zero-order valence-electron chi connectivity index (χ0n) is 8.10. The van der Waals surface area contributed by atoms with Gasteiger partial charge in [0.25, 0.3) is 0 Å². The number of benzene rings is 1. The summed E-state index contributed by atoms with van der Waals surface area (Å²) in [6.45, 7) is 2.72. The molecule has 0 saturated carbocycles. The zero-order valence-corrected chi connectivity index (χ0v) is 10.4. The van der Waals surface area contributed by atoms with Crippen molar-refractivity contribution in [3.8, 4) is 0 Å². The van der Waals surface area contributed by atoms with Crippen molar-refractivity contribution in [3.63, 3.8) is 0 Å². The third kappa shape index (κ3) is 1.76. The fraction of sp³-hybridized carbons (Fsp3) is 0.300. The van der Waals surface area contributed by atoms with Crippen LogP contribution in [0.25, 0.3) is 11.0 Å². The van der Waals surface area contributed by atoms with Gasteiger partial charge in [-0.25, -0.2) is 9.37 Å². The van der Waals surface area contributed by atoms with Crippen molar-refractivity contribution in [2.24, 2.45) is 0 Å². The highest BCUT2D eigenvalue weighted by atomic mass is 79.9. The van der Waals surface area contributed by atoms with Crippen molar-refractivity contribution in [1.29, 1.82) is 0 Å². The maximum atomic E-state index is 13.4. The van der Waals surface area contributed by atoms with E-state index in [1.807, 2.05) is 11.5 Å². The summed E-state index contributed by atoms with van der Waals surface area (Å²) in [7, 11) is 0. The van der Waals surface area contributed by atoms with Crippen LogP contribution in [0.3, 0.4) is 0 Å². The summed E-state index contributed by atoms with van der Waals surface area (Å²) in [5, 5.41) is 0. The lowest BCUT2D eigenvalue weighted by Crippen LogP contribution is -1.99. The molecule has 0 bridgehead atoms. The second-order valence-electron chi connectivity index (χ2n) is 3.16. The molecule has 5 heteroatoms. The van der Waals surface area contributed by atoms with E-state index in [-0.39, 0.29) is 5.82 Å². The molecule has 0 aliphatic heterocycles. The molecule has 1 heterocycles. The lowest BCUT2D eigenvalue weighted by Gasteiger charge is -2.03. The lowest BCUT2D eigenvalue weighted by molar-refractivity contribution is 0.621. The number of rotatable bonds is 2. The van der Waals surface area contributed by atoms with Crippen LogP contribution in [-0.2, 0) is 12.4 Å². The minimum absolute atomic E-state index is 0.279. The van der Waals surface area contributed by atoms with Crippen molar-refractivity contribution >= 4 is 38.6 Å². The van der Waals surface area contributed by atoms with Crippen molar-refractivity contribution in [2.45, 2.75) is 19.3 Å². The summed E-state index contributed by atoms with van der Waals surface area (Å²) in [5.74, 6) is 0.826. The van der Waals surface area contributed by atoms with Gasteiger partial charge in [-0.05, 0) is 28.9 Å². The van der Waals surface area contributed by atoms with Gasteiger partial charge in [-0.1, -0.05) is 0 Å². The molecule has 0 spiro atoms. The van der Waals surface area contributed by atoms with Crippen molar-refractivity contribution < 1.29 is 4.39 Å². The molecular formula is C10H9BrClFN2. The van der Waals surface area contributed by atoms with E-state index in [4.69, 9.17) is 11.6 Å². The Kier molecular flexibility index (Phi) is 2.98. The summed E-state index contributed by atoms with van der Waals surface area (Å²) in [6, 6.07) is 3.15. The number of fused-ring (bicyclic) bond motifs is 1. The maximum Gasteiger partial charge on any atom is 0.139 e. The normalized spacial score (nSPS) is 11.2.